The van der Waals surface area contributed by atoms with Gasteiger partial charge in [-0.05, 0) is 26.0 Å². The molecule has 0 fully saturated rings. The Morgan fingerprint density at radius 3 is 2.63 bits per heavy atom. The average Bonchev–Trinajstić information content (AvgIpc) is 2.77. The maximum atomic E-state index is 6.29. The number of hydrogen-bond acceptors (Lipinski definition) is 3. The van der Waals surface area contributed by atoms with Crippen molar-refractivity contribution in [3.8, 4) is 5.69 Å². The molecule has 0 aliphatic carbocycles. The van der Waals surface area contributed by atoms with Crippen molar-refractivity contribution in [2.75, 3.05) is 12.3 Å². The molecule has 0 saturated carbocycles. The summed E-state index contributed by atoms with van der Waals surface area (Å²) in [5.41, 5.74) is 9.67. The summed E-state index contributed by atoms with van der Waals surface area (Å²) in [6.45, 7) is 6.42. The summed E-state index contributed by atoms with van der Waals surface area (Å²) in [4.78, 5) is 2.44. The van der Waals surface area contributed by atoms with Crippen LogP contribution in [0.25, 0.3) is 5.69 Å². The van der Waals surface area contributed by atoms with Gasteiger partial charge in [-0.3, -0.25) is 4.90 Å². The monoisotopic (exact) mass is 256 g/mol. The number of nitrogen functional groups attached to an aromatic ring is 1. The molecule has 1 aromatic carbocycles. The summed E-state index contributed by atoms with van der Waals surface area (Å²) < 4.78 is 1.87. The van der Waals surface area contributed by atoms with Crippen LogP contribution in [0.5, 0.6) is 0 Å². The normalized spacial score (nSPS) is 15.7. The first-order valence-electron chi connectivity index (χ1n) is 6.82. The first kappa shape index (κ1) is 12.2. The third-order valence-electron chi connectivity index (χ3n) is 3.83. The maximum Gasteiger partial charge on any atom is 0.132 e. The first-order valence-corrected chi connectivity index (χ1v) is 6.82. The van der Waals surface area contributed by atoms with E-state index in [1.165, 1.54) is 5.56 Å². The number of hydrogen-bond donors (Lipinski definition) is 1. The van der Waals surface area contributed by atoms with E-state index in [0.717, 1.165) is 36.7 Å². The molecule has 0 saturated heterocycles. The average molecular weight is 256 g/mol. The molecule has 3 rings (SSSR count). The van der Waals surface area contributed by atoms with Crippen LogP contribution in [0.3, 0.4) is 0 Å². The minimum Gasteiger partial charge on any atom is -0.383 e. The minimum atomic E-state index is 0.549. The highest BCUT2D eigenvalue weighted by molar-refractivity contribution is 5.50. The fourth-order valence-electron chi connectivity index (χ4n) is 2.62. The SMILES string of the molecule is CC(C)N1CCc2nn(-c3ccccc3)c(N)c2C1. The molecule has 0 spiro atoms. The van der Waals surface area contributed by atoms with Gasteiger partial charge in [-0.2, -0.15) is 5.10 Å². The van der Waals surface area contributed by atoms with E-state index in [-0.39, 0.29) is 0 Å². The lowest BCUT2D eigenvalue weighted by Crippen LogP contribution is -2.35. The van der Waals surface area contributed by atoms with Crippen LogP contribution < -0.4 is 5.73 Å². The van der Waals surface area contributed by atoms with E-state index >= 15 is 0 Å². The van der Waals surface area contributed by atoms with Crippen LogP contribution in [0.2, 0.25) is 0 Å². The van der Waals surface area contributed by atoms with Crippen LogP contribution in [0.4, 0.5) is 5.82 Å². The molecule has 0 bridgehead atoms. The number of nitrogens with two attached hydrogens (primary N) is 1. The third-order valence-corrected chi connectivity index (χ3v) is 3.83. The molecule has 2 heterocycles. The zero-order chi connectivity index (χ0) is 13.4. The van der Waals surface area contributed by atoms with Gasteiger partial charge in [-0.25, -0.2) is 4.68 Å². The van der Waals surface area contributed by atoms with Crippen LogP contribution in [0.15, 0.2) is 30.3 Å². The van der Waals surface area contributed by atoms with Crippen molar-refractivity contribution in [3.05, 3.63) is 41.6 Å². The zero-order valence-corrected chi connectivity index (χ0v) is 11.5. The Morgan fingerprint density at radius 1 is 1.21 bits per heavy atom. The molecule has 0 amide bonds. The predicted octanol–water partition coefficient (Wildman–Crippen LogP) is 2.22. The molecule has 0 unspecified atom stereocenters. The lowest BCUT2D eigenvalue weighted by Gasteiger charge is -2.29. The topological polar surface area (TPSA) is 47.1 Å². The molecule has 4 nitrogen and oxygen atoms in total. The van der Waals surface area contributed by atoms with E-state index in [9.17, 15) is 0 Å². The largest absolute Gasteiger partial charge is 0.383 e. The van der Waals surface area contributed by atoms with Crippen molar-refractivity contribution >= 4 is 5.82 Å². The lowest BCUT2D eigenvalue weighted by molar-refractivity contribution is 0.203. The Kier molecular flexibility index (Phi) is 3.03. The van der Waals surface area contributed by atoms with Crippen molar-refractivity contribution in [1.82, 2.24) is 14.7 Å². The molecule has 4 heteroatoms. The Bertz CT molecular complexity index is 571. The number of fused-ring (bicyclic) bond motifs is 1. The van der Waals surface area contributed by atoms with Gasteiger partial charge < -0.3 is 5.73 Å². The molecule has 0 atom stereocenters. The Labute approximate surface area is 113 Å². The smallest absolute Gasteiger partial charge is 0.132 e. The van der Waals surface area contributed by atoms with Crippen molar-refractivity contribution in [3.63, 3.8) is 0 Å². The molecular weight excluding hydrogens is 236 g/mol. The quantitative estimate of drug-likeness (QED) is 0.896. The number of benzene rings is 1. The highest BCUT2D eigenvalue weighted by Crippen LogP contribution is 2.27. The summed E-state index contributed by atoms with van der Waals surface area (Å²) in [5, 5.41) is 4.68. The van der Waals surface area contributed by atoms with Gasteiger partial charge >= 0.3 is 0 Å². The van der Waals surface area contributed by atoms with Crippen molar-refractivity contribution in [1.29, 1.82) is 0 Å². The van der Waals surface area contributed by atoms with Crippen molar-refractivity contribution in [2.24, 2.45) is 0 Å². The molecule has 1 aliphatic heterocycles. The van der Waals surface area contributed by atoms with Crippen LogP contribution in [-0.2, 0) is 13.0 Å². The van der Waals surface area contributed by atoms with Gasteiger partial charge in [0, 0.05) is 31.1 Å². The lowest BCUT2D eigenvalue weighted by atomic mass is 10.1. The second-order valence-corrected chi connectivity index (χ2v) is 5.37. The van der Waals surface area contributed by atoms with Crippen LogP contribution in [0, 0.1) is 0 Å². The number of rotatable bonds is 2. The second kappa shape index (κ2) is 4.70. The van der Waals surface area contributed by atoms with Gasteiger partial charge in [0.25, 0.3) is 0 Å². The molecule has 1 aromatic heterocycles. The van der Waals surface area contributed by atoms with Crippen molar-refractivity contribution < 1.29 is 0 Å². The van der Waals surface area contributed by atoms with E-state index in [2.05, 4.69) is 23.8 Å². The number of aromatic nitrogens is 2. The summed E-state index contributed by atoms with van der Waals surface area (Å²) >= 11 is 0. The molecule has 1 aliphatic rings. The fourth-order valence-corrected chi connectivity index (χ4v) is 2.62. The minimum absolute atomic E-state index is 0.549. The third kappa shape index (κ3) is 2.12. The standard InChI is InChI=1S/C15H20N4/c1-11(2)18-9-8-14-13(10-18)15(16)19(17-14)12-6-4-3-5-7-12/h3-7,11H,8-10,16H2,1-2H3. The van der Waals surface area contributed by atoms with Gasteiger partial charge in [-0.1, -0.05) is 18.2 Å². The second-order valence-electron chi connectivity index (χ2n) is 5.37. The Hall–Kier alpha value is -1.81. The van der Waals surface area contributed by atoms with Gasteiger partial charge in [0.2, 0.25) is 0 Å². The summed E-state index contributed by atoms with van der Waals surface area (Å²) in [6, 6.07) is 10.6. The molecule has 0 radical (unpaired) electrons. The van der Waals surface area contributed by atoms with E-state index in [1.807, 2.05) is 35.0 Å². The van der Waals surface area contributed by atoms with E-state index in [1.54, 1.807) is 0 Å². The Morgan fingerprint density at radius 2 is 1.95 bits per heavy atom. The maximum absolute atomic E-state index is 6.29. The van der Waals surface area contributed by atoms with Crippen LogP contribution in [0.1, 0.15) is 25.1 Å². The molecule has 100 valence electrons. The van der Waals surface area contributed by atoms with Crippen LogP contribution >= 0.6 is 0 Å². The highest BCUT2D eigenvalue weighted by atomic mass is 15.3. The van der Waals surface area contributed by atoms with E-state index < -0.39 is 0 Å². The van der Waals surface area contributed by atoms with Gasteiger partial charge in [0.1, 0.15) is 5.82 Å². The number of para-hydroxylation sites is 1. The first-order chi connectivity index (χ1) is 9.16. The summed E-state index contributed by atoms with van der Waals surface area (Å²) in [6.07, 6.45) is 0.984. The van der Waals surface area contributed by atoms with Crippen LogP contribution in [-0.4, -0.2) is 27.3 Å². The van der Waals surface area contributed by atoms with Gasteiger partial charge in [0.05, 0.1) is 11.4 Å². The highest BCUT2D eigenvalue weighted by Gasteiger charge is 2.24. The van der Waals surface area contributed by atoms with Crippen molar-refractivity contribution in [2.45, 2.75) is 32.9 Å². The molecular formula is C15H20N4. The predicted molar refractivity (Wildman–Crippen MR) is 77.2 cm³/mol. The summed E-state index contributed by atoms with van der Waals surface area (Å²) in [7, 11) is 0. The Balaban J connectivity index is 1.99. The van der Waals surface area contributed by atoms with Gasteiger partial charge in [0.15, 0.2) is 0 Å². The van der Waals surface area contributed by atoms with Gasteiger partial charge in [-0.15, -0.1) is 0 Å². The summed E-state index contributed by atoms with van der Waals surface area (Å²) in [5.74, 6) is 0.784. The number of anilines is 1. The fraction of sp³-hybridized carbons (Fsp3) is 0.400. The van der Waals surface area contributed by atoms with E-state index in [0.29, 0.717) is 6.04 Å². The van der Waals surface area contributed by atoms with E-state index in [4.69, 9.17) is 5.73 Å². The number of nitrogens with zero attached hydrogens (tertiary/aromatic N) is 3. The molecule has 2 aromatic rings. The molecule has 19 heavy (non-hydrogen) atoms. The zero-order valence-electron chi connectivity index (χ0n) is 11.5. The molecule has 2 N–H and O–H groups in total.